The Labute approximate surface area is 127 Å². The predicted octanol–water partition coefficient (Wildman–Crippen LogP) is -1.29. The molecule has 2 aliphatic rings. The van der Waals surface area contributed by atoms with Crippen LogP contribution in [-0.2, 0) is 14.4 Å². The topological polar surface area (TPSA) is 85.0 Å². The third-order valence-electron chi connectivity index (χ3n) is 3.80. The Bertz CT molecular complexity index is 606. The maximum atomic E-state index is 12.2. The van der Waals surface area contributed by atoms with Gasteiger partial charge in [0.05, 0.1) is 0 Å². The molecule has 0 spiro atoms. The van der Waals surface area contributed by atoms with Crippen LogP contribution in [0, 0.1) is 0 Å². The average Bonchev–Trinajstić information content (AvgIpc) is 2.97. The highest BCUT2D eigenvalue weighted by Gasteiger charge is 2.45. The van der Waals surface area contributed by atoms with E-state index in [-0.39, 0.29) is 12.5 Å². The van der Waals surface area contributed by atoms with Crippen molar-refractivity contribution in [2.24, 2.45) is 0 Å². The van der Waals surface area contributed by atoms with Crippen molar-refractivity contribution in [2.75, 3.05) is 31.6 Å². The number of likely N-dealkylation sites (N-methyl/N-ethyl adjacent to an activating group) is 1. The number of hydrogen-bond acceptors (Lipinski definition) is 5. The van der Waals surface area contributed by atoms with Crippen molar-refractivity contribution in [1.82, 2.24) is 20.7 Å². The Kier molecular flexibility index (Phi) is 3.68. The summed E-state index contributed by atoms with van der Waals surface area (Å²) in [5.41, 5.74) is 3.91. The molecule has 2 heterocycles. The van der Waals surface area contributed by atoms with Crippen LogP contribution in [0.1, 0.15) is 0 Å². The van der Waals surface area contributed by atoms with Crippen LogP contribution in [0.2, 0.25) is 0 Å². The lowest BCUT2D eigenvalue weighted by atomic mass is 10.3. The summed E-state index contributed by atoms with van der Waals surface area (Å²) in [6, 6.07) is 9.62. The molecule has 2 N–H and O–H groups in total. The molecule has 8 heteroatoms. The molecule has 1 aromatic carbocycles. The summed E-state index contributed by atoms with van der Waals surface area (Å²) in [6.07, 6.45) is -0.461. The second-order valence-electron chi connectivity index (χ2n) is 5.09. The van der Waals surface area contributed by atoms with E-state index in [0.29, 0.717) is 13.1 Å². The molecule has 2 fully saturated rings. The van der Waals surface area contributed by atoms with Crippen molar-refractivity contribution >= 4 is 23.4 Å². The zero-order chi connectivity index (χ0) is 15.7. The number of hydrazine groups is 1. The van der Waals surface area contributed by atoms with Crippen LogP contribution in [0.3, 0.4) is 0 Å². The van der Waals surface area contributed by atoms with Crippen LogP contribution >= 0.6 is 0 Å². The minimum atomic E-state index is -0.713. The molecule has 3 rings (SSSR count). The lowest BCUT2D eigenvalue weighted by Gasteiger charge is -2.40. The number of carbonyl (C=O) groups is 3. The third-order valence-corrected chi connectivity index (χ3v) is 3.80. The molecule has 0 aliphatic carbocycles. The van der Waals surface area contributed by atoms with Crippen LogP contribution in [0.5, 0.6) is 0 Å². The van der Waals surface area contributed by atoms with Crippen LogP contribution in [-0.4, -0.2) is 60.6 Å². The molecule has 22 heavy (non-hydrogen) atoms. The highest BCUT2D eigenvalue weighted by atomic mass is 16.2. The zero-order valence-corrected chi connectivity index (χ0v) is 12.2. The SMILES string of the molecule is CNC(=O)CN1NC2N(CCN2c2ccccc2)C(=O)C1=O. The second kappa shape index (κ2) is 5.64. The van der Waals surface area contributed by atoms with Crippen LogP contribution < -0.4 is 15.6 Å². The minimum Gasteiger partial charge on any atom is -0.358 e. The number of anilines is 1. The Balaban J connectivity index is 1.83. The summed E-state index contributed by atoms with van der Waals surface area (Å²) in [5, 5.41) is 3.51. The Morgan fingerprint density at radius 1 is 1.18 bits per heavy atom. The van der Waals surface area contributed by atoms with E-state index >= 15 is 0 Å². The highest BCUT2D eigenvalue weighted by Crippen LogP contribution is 2.24. The van der Waals surface area contributed by atoms with Crippen molar-refractivity contribution in [2.45, 2.75) is 6.29 Å². The molecule has 8 nitrogen and oxygen atoms in total. The van der Waals surface area contributed by atoms with E-state index in [4.69, 9.17) is 0 Å². The molecule has 0 radical (unpaired) electrons. The highest BCUT2D eigenvalue weighted by molar-refractivity contribution is 6.35. The lowest BCUT2D eigenvalue weighted by Crippen LogP contribution is -2.68. The fourth-order valence-electron chi connectivity index (χ4n) is 2.65. The molecule has 0 saturated carbocycles. The van der Waals surface area contributed by atoms with Gasteiger partial charge in [0, 0.05) is 25.8 Å². The molecule has 1 unspecified atom stereocenters. The van der Waals surface area contributed by atoms with Gasteiger partial charge in [0.25, 0.3) is 0 Å². The van der Waals surface area contributed by atoms with Crippen molar-refractivity contribution in [3.63, 3.8) is 0 Å². The fraction of sp³-hybridized carbons (Fsp3) is 0.357. The molecular formula is C14H17N5O3. The number of rotatable bonds is 3. The monoisotopic (exact) mass is 303 g/mol. The van der Waals surface area contributed by atoms with Gasteiger partial charge in [0.2, 0.25) is 5.91 Å². The summed E-state index contributed by atoms with van der Waals surface area (Å²) in [6.45, 7) is 0.882. The van der Waals surface area contributed by atoms with Gasteiger partial charge >= 0.3 is 11.8 Å². The molecule has 3 amide bonds. The normalized spacial score (nSPS) is 21.1. The van der Waals surface area contributed by atoms with Gasteiger partial charge in [-0.25, -0.2) is 0 Å². The molecule has 2 aliphatic heterocycles. The van der Waals surface area contributed by atoms with E-state index in [2.05, 4.69) is 10.7 Å². The Hall–Kier alpha value is -2.61. The van der Waals surface area contributed by atoms with Gasteiger partial charge in [-0.1, -0.05) is 18.2 Å². The van der Waals surface area contributed by atoms with Crippen LogP contribution in [0.4, 0.5) is 5.69 Å². The third kappa shape index (κ3) is 2.37. The van der Waals surface area contributed by atoms with E-state index < -0.39 is 18.1 Å². The van der Waals surface area contributed by atoms with Gasteiger partial charge in [-0.2, -0.15) is 5.43 Å². The molecule has 0 aromatic heterocycles. The maximum absolute atomic E-state index is 12.2. The summed E-state index contributed by atoms with van der Waals surface area (Å²) in [4.78, 5) is 39.2. The smallest absolute Gasteiger partial charge is 0.326 e. The fourth-order valence-corrected chi connectivity index (χ4v) is 2.65. The first-order chi connectivity index (χ1) is 10.6. The Morgan fingerprint density at radius 3 is 2.55 bits per heavy atom. The Morgan fingerprint density at radius 2 is 1.86 bits per heavy atom. The number of nitrogens with one attached hydrogen (secondary N) is 2. The van der Waals surface area contributed by atoms with Gasteiger partial charge in [0.1, 0.15) is 6.54 Å². The number of hydrogen-bond donors (Lipinski definition) is 2. The quantitative estimate of drug-likeness (QED) is 0.679. The molecule has 0 bridgehead atoms. The van der Waals surface area contributed by atoms with E-state index in [9.17, 15) is 14.4 Å². The number of nitrogens with zero attached hydrogens (tertiary/aromatic N) is 3. The van der Waals surface area contributed by atoms with E-state index in [1.54, 1.807) is 0 Å². The van der Waals surface area contributed by atoms with Gasteiger partial charge in [0.15, 0.2) is 6.29 Å². The molecular weight excluding hydrogens is 286 g/mol. The van der Waals surface area contributed by atoms with Gasteiger partial charge in [-0.05, 0) is 12.1 Å². The predicted molar refractivity (Wildman–Crippen MR) is 78.2 cm³/mol. The maximum Gasteiger partial charge on any atom is 0.326 e. The van der Waals surface area contributed by atoms with Gasteiger partial charge < -0.3 is 10.2 Å². The first-order valence-electron chi connectivity index (χ1n) is 7.02. The number of amides is 3. The lowest BCUT2D eigenvalue weighted by molar-refractivity contribution is -0.163. The van der Waals surface area contributed by atoms with E-state index in [0.717, 1.165) is 10.7 Å². The van der Waals surface area contributed by atoms with Crippen molar-refractivity contribution in [3.05, 3.63) is 30.3 Å². The standard InChI is InChI=1S/C14H17N5O3/c1-15-11(20)9-19-13(22)12(21)18-8-7-17(14(18)16-19)10-5-3-2-4-6-10/h2-6,14,16H,7-9H2,1H3,(H,15,20). The zero-order valence-electron chi connectivity index (χ0n) is 12.2. The molecule has 2 saturated heterocycles. The summed E-state index contributed by atoms with van der Waals surface area (Å²) >= 11 is 0. The number of fused-ring (bicyclic) bond motifs is 1. The minimum absolute atomic E-state index is 0.200. The molecule has 116 valence electrons. The number of para-hydroxylation sites is 1. The van der Waals surface area contributed by atoms with E-state index in [1.165, 1.54) is 11.9 Å². The van der Waals surface area contributed by atoms with Crippen molar-refractivity contribution in [1.29, 1.82) is 0 Å². The van der Waals surface area contributed by atoms with Gasteiger partial charge in [-0.3, -0.25) is 24.3 Å². The summed E-state index contributed by atoms with van der Waals surface area (Å²) in [5.74, 6) is -1.65. The van der Waals surface area contributed by atoms with Crippen LogP contribution in [0.15, 0.2) is 30.3 Å². The van der Waals surface area contributed by atoms with Crippen molar-refractivity contribution in [3.8, 4) is 0 Å². The first kappa shape index (κ1) is 14.3. The van der Waals surface area contributed by atoms with Gasteiger partial charge in [-0.15, -0.1) is 0 Å². The molecule has 1 aromatic rings. The molecule has 1 atom stereocenters. The largest absolute Gasteiger partial charge is 0.358 e. The average molecular weight is 303 g/mol. The number of benzene rings is 1. The van der Waals surface area contributed by atoms with Crippen LogP contribution in [0.25, 0.3) is 0 Å². The number of carbonyl (C=O) groups excluding carboxylic acids is 3. The second-order valence-corrected chi connectivity index (χ2v) is 5.09. The van der Waals surface area contributed by atoms with E-state index in [1.807, 2.05) is 35.2 Å². The summed E-state index contributed by atoms with van der Waals surface area (Å²) in [7, 11) is 1.48. The summed E-state index contributed by atoms with van der Waals surface area (Å²) < 4.78 is 0. The first-order valence-corrected chi connectivity index (χ1v) is 7.02. The van der Waals surface area contributed by atoms with Crippen molar-refractivity contribution < 1.29 is 14.4 Å².